The van der Waals surface area contributed by atoms with Crippen molar-refractivity contribution in [3.05, 3.63) is 94.4 Å². The van der Waals surface area contributed by atoms with Gasteiger partial charge in [-0.25, -0.2) is 4.79 Å². The zero-order valence-electron chi connectivity index (χ0n) is 20.7. The molecule has 1 aliphatic rings. The molecule has 1 atom stereocenters. The Morgan fingerprint density at radius 3 is 2.34 bits per heavy atom. The quantitative estimate of drug-likeness (QED) is 0.505. The summed E-state index contributed by atoms with van der Waals surface area (Å²) >= 11 is 0. The Kier molecular flexibility index (Phi) is 7.13. The van der Waals surface area contributed by atoms with Crippen LogP contribution in [0.5, 0.6) is 0 Å². The van der Waals surface area contributed by atoms with E-state index < -0.39 is 11.2 Å². The number of benzene rings is 2. The van der Waals surface area contributed by atoms with Crippen LogP contribution in [0.3, 0.4) is 0 Å². The fourth-order valence-electron chi connectivity index (χ4n) is 4.83. The highest BCUT2D eigenvalue weighted by atomic mass is 16.6. The number of nitrogens with zero attached hydrogens (tertiary/aromatic N) is 2. The van der Waals surface area contributed by atoms with Gasteiger partial charge in [0.15, 0.2) is 0 Å². The van der Waals surface area contributed by atoms with Gasteiger partial charge >= 0.3 is 6.09 Å². The van der Waals surface area contributed by atoms with E-state index in [9.17, 15) is 14.7 Å². The van der Waals surface area contributed by atoms with E-state index in [1.807, 2.05) is 48.5 Å². The fourth-order valence-corrected chi connectivity index (χ4v) is 4.83. The Labute approximate surface area is 206 Å². The van der Waals surface area contributed by atoms with Crippen molar-refractivity contribution in [3.8, 4) is 11.1 Å². The van der Waals surface area contributed by atoms with E-state index >= 15 is 0 Å². The number of rotatable bonds is 8. The molecule has 1 N–H and O–H groups in total. The summed E-state index contributed by atoms with van der Waals surface area (Å²) in [6.07, 6.45) is 4.10. The maximum atomic E-state index is 13.0. The Hall–Kier alpha value is -3.38. The minimum atomic E-state index is -0.961. The van der Waals surface area contributed by atoms with Crippen molar-refractivity contribution in [2.24, 2.45) is 7.05 Å². The van der Waals surface area contributed by atoms with E-state index in [-0.39, 0.29) is 11.7 Å². The second-order valence-corrected chi connectivity index (χ2v) is 10.1. The highest BCUT2D eigenvalue weighted by Gasteiger charge is 2.45. The molecule has 3 aromatic rings. The van der Waals surface area contributed by atoms with Crippen LogP contribution < -0.4 is 5.56 Å². The number of pyridine rings is 1. The van der Waals surface area contributed by atoms with Crippen LogP contribution in [0, 0.1) is 0 Å². The third kappa shape index (κ3) is 6.01. The van der Waals surface area contributed by atoms with Crippen molar-refractivity contribution < 1.29 is 14.6 Å². The number of hydrogen-bond acceptors (Lipinski definition) is 4. The van der Waals surface area contributed by atoms with Gasteiger partial charge in [-0.3, -0.25) is 4.79 Å². The van der Waals surface area contributed by atoms with Crippen molar-refractivity contribution in [2.75, 3.05) is 13.1 Å². The molecule has 1 saturated heterocycles. The number of carbonyl (C=O) groups excluding carboxylic acids is 1. The number of aryl methyl sites for hydroxylation is 2. The zero-order valence-corrected chi connectivity index (χ0v) is 20.7. The Bertz CT molecular complexity index is 1210. The van der Waals surface area contributed by atoms with Crippen molar-refractivity contribution in [1.82, 2.24) is 9.47 Å². The first-order chi connectivity index (χ1) is 16.7. The standard InChI is InChI=1S/C29H34N2O4/c1-28(2,34)21-29(25-9-5-4-6-10-25)16-19-31(27(33)35-29)17-7-8-22-11-13-23(14-12-22)24-15-18-30(3)26(32)20-24/h4-6,9-15,18,20,34H,7-8,16-17,19,21H2,1-3H3/t29-/m0/s1. The topological polar surface area (TPSA) is 71.8 Å². The van der Waals surface area contributed by atoms with Crippen LogP contribution >= 0.6 is 0 Å². The molecule has 0 spiro atoms. The number of ether oxygens (including phenoxy) is 1. The molecule has 6 nitrogen and oxygen atoms in total. The van der Waals surface area contributed by atoms with E-state index in [0.717, 1.165) is 29.5 Å². The molecule has 0 bridgehead atoms. The summed E-state index contributed by atoms with van der Waals surface area (Å²) in [5.74, 6) is 0. The largest absolute Gasteiger partial charge is 0.438 e. The monoisotopic (exact) mass is 474 g/mol. The lowest BCUT2D eigenvalue weighted by molar-refractivity contribution is -0.0962. The molecule has 0 radical (unpaired) electrons. The van der Waals surface area contributed by atoms with Crippen LogP contribution in [0.1, 0.15) is 44.2 Å². The Morgan fingerprint density at radius 1 is 1.00 bits per heavy atom. The van der Waals surface area contributed by atoms with Crippen molar-refractivity contribution >= 4 is 6.09 Å². The lowest BCUT2D eigenvalue weighted by Crippen LogP contribution is -2.50. The molecule has 0 saturated carbocycles. The molecule has 1 aromatic heterocycles. The molecule has 4 rings (SSSR count). The zero-order chi connectivity index (χ0) is 25.1. The summed E-state index contributed by atoms with van der Waals surface area (Å²) in [6.45, 7) is 4.70. The number of amides is 1. The fraction of sp³-hybridized carbons (Fsp3) is 0.379. The van der Waals surface area contributed by atoms with Gasteiger partial charge in [0, 0.05) is 45.2 Å². The van der Waals surface area contributed by atoms with E-state index in [1.165, 1.54) is 5.56 Å². The molecule has 1 fully saturated rings. The van der Waals surface area contributed by atoms with Crippen molar-refractivity contribution in [3.63, 3.8) is 0 Å². The predicted molar refractivity (Wildman–Crippen MR) is 137 cm³/mol. The highest BCUT2D eigenvalue weighted by molar-refractivity contribution is 5.69. The molecule has 2 aromatic carbocycles. The second-order valence-electron chi connectivity index (χ2n) is 10.1. The van der Waals surface area contributed by atoms with Gasteiger partial charge in [0.1, 0.15) is 5.60 Å². The molecular formula is C29H34N2O4. The van der Waals surface area contributed by atoms with Gasteiger partial charge in [0.05, 0.1) is 5.60 Å². The first-order valence-electron chi connectivity index (χ1n) is 12.2. The van der Waals surface area contributed by atoms with Gasteiger partial charge in [-0.15, -0.1) is 0 Å². The van der Waals surface area contributed by atoms with Crippen LogP contribution in [0.4, 0.5) is 4.79 Å². The van der Waals surface area contributed by atoms with Gasteiger partial charge in [0.2, 0.25) is 0 Å². The van der Waals surface area contributed by atoms with Crippen LogP contribution in [0.15, 0.2) is 77.7 Å². The summed E-state index contributed by atoms with van der Waals surface area (Å²) in [7, 11) is 1.74. The Morgan fingerprint density at radius 2 is 1.71 bits per heavy atom. The average Bonchev–Trinajstić information content (AvgIpc) is 2.82. The number of hydrogen-bond donors (Lipinski definition) is 1. The highest BCUT2D eigenvalue weighted by Crippen LogP contribution is 2.40. The molecule has 6 heteroatoms. The molecule has 0 aliphatic carbocycles. The van der Waals surface area contributed by atoms with E-state index in [2.05, 4.69) is 12.1 Å². The van der Waals surface area contributed by atoms with Crippen LogP contribution in [-0.2, 0) is 23.8 Å². The van der Waals surface area contributed by atoms with Gasteiger partial charge in [0.25, 0.3) is 5.56 Å². The second kappa shape index (κ2) is 10.1. The number of aromatic nitrogens is 1. The van der Waals surface area contributed by atoms with Crippen LogP contribution in [0.25, 0.3) is 11.1 Å². The van der Waals surface area contributed by atoms with E-state index in [1.54, 1.807) is 42.6 Å². The molecule has 1 amide bonds. The predicted octanol–water partition coefficient (Wildman–Crippen LogP) is 4.88. The van der Waals surface area contributed by atoms with Gasteiger partial charge in [-0.05, 0) is 55.0 Å². The van der Waals surface area contributed by atoms with Crippen molar-refractivity contribution in [1.29, 1.82) is 0 Å². The minimum absolute atomic E-state index is 0.0289. The lowest BCUT2D eigenvalue weighted by atomic mass is 9.80. The van der Waals surface area contributed by atoms with Gasteiger partial charge < -0.3 is 19.3 Å². The summed E-state index contributed by atoms with van der Waals surface area (Å²) in [5, 5.41) is 10.5. The summed E-state index contributed by atoms with van der Waals surface area (Å²) in [6, 6.07) is 21.5. The SMILES string of the molecule is Cn1ccc(-c2ccc(CCCN3CC[C@](CC(C)(C)O)(c4ccccc4)OC3=O)cc2)cc1=O. The van der Waals surface area contributed by atoms with Crippen LogP contribution in [0.2, 0.25) is 0 Å². The first kappa shape index (κ1) is 24.7. The number of aliphatic hydroxyl groups is 1. The summed E-state index contributed by atoms with van der Waals surface area (Å²) in [4.78, 5) is 26.6. The molecule has 2 heterocycles. The molecule has 0 unspecified atom stereocenters. The third-order valence-corrected chi connectivity index (χ3v) is 6.63. The summed E-state index contributed by atoms with van der Waals surface area (Å²) in [5.41, 5.74) is 2.21. The normalized spacial score (nSPS) is 18.4. The smallest absolute Gasteiger partial charge is 0.410 e. The van der Waals surface area contributed by atoms with Crippen molar-refractivity contribution in [2.45, 2.75) is 50.7 Å². The van der Waals surface area contributed by atoms with Crippen LogP contribution in [-0.4, -0.2) is 39.4 Å². The first-order valence-corrected chi connectivity index (χ1v) is 12.2. The van der Waals surface area contributed by atoms with E-state index in [4.69, 9.17) is 4.74 Å². The summed E-state index contributed by atoms with van der Waals surface area (Å²) < 4.78 is 7.59. The van der Waals surface area contributed by atoms with Gasteiger partial charge in [-0.1, -0.05) is 54.6 Å². The molecule has 35 heavy (non-hydrogen) atoms. The molecule has 184 valence electrons. The Balaban J connectivity index is 1.35. The maximum Gasteiger partial charge on any atom is 0.410 e. The third-order valence-electron chi connectivity index (χ3n) is 6.63. The molecule has 1 aliphatic heterocycles. The molecular weight excluding hydrogens is 440 g/mol. The van der Waals surface area contributed by atoms with Gasteiger partial charge in [-0.2, -0.15) is 0 Å². The van der Waals surface area contributed by atoms with E-state index in [0.29, 0.717) is 25.9 Å². The lowest BCUT2D eigenvalue weighted by Gasteiger charge is -2.44. The number of carbonyl (C=O) groups is 1. The average molecular weight is 475 g/mol. The minimum Gasteiger partial charge on any atom is -0.438 e. The maximum absolute atomic E-state index is 13.0. The number of cyclic esters (lactones) is 1.